The Morgan fingerprint density at radius 2 is 2.07 bits per heavy atom. The summed E-state index contributed by atoms with van der Waals surface area (Å²) in [6.45, 7) is 0.910. The summed E-state index contributed by atoms with van der Waals surface area (Å²) in [5, 5.41) is 12.9. The number of aliphatic hydroxyl groups is 1. The number of fused-ring (bicyclic) bond motifs is 1. The lowest BCUT2D eigenvalue weighted by Crippen LogP contribution is -2.05. The Bertz CT molecular complexity index is 439. The Balaban J connectivity index is 2.26. The van der Waals surface area contributed by atoms with Gasteiger partial charge in [-0.05, 0) is 18.6 Å². The minimum Gasteiger partial charge on any atom is -0.396 e. The van der Waals surface area contributed by atoms with Gasteiger partial charge >= 0.3 is 0 Å². The molecule has 1 aromatic carbocycles. The van der Waals surface area contributed by atoms with Crippen LogP contribution in [0.2, 0.25) is 0 Å². The first-order chi connectivity index (χ1) is 7.42. The lowest BCUT2D eigenvalue weighted by atomic mass is 10.2. The van der Waals surface area contributed by atoms with Gasteiger partial charge in [0.05, 0.1) is 5.52 Å². The molecule has 0 atom stereocenters. The fourth-order valence-electron chi connectivity index (χ4n) is 1.43. The zero-order valence-electron chi connectivity index (χ0n) is 8.35. The van der Waals surface area contributed by atoms with Crippen LogP contribution in [0.15, 0.2) is 30.6 Å². The quantitative estimate of drug-likeness (QED) is 0.738. The van der Waals surface area contributed by atoms with E-state index < -0.39 is 0 Å². The van der Waals surface area contributed by atoms with E-state index >= 15 is 0 Å². The average Bonchev–Trinajstić information content (AvgIpc) is 2.30. The van der Waals surface area contributed by atoms with Crippen LogP contribution in [-0.4, -0.2) is 28.2 Å². The van der Waals surface area contributed by atoms with Crippen molar-refractivity contribution in [2.75, 3.05) is 18.5 Å². The van der Waals surface area contributed by atoms with Crippen LogP contribution >= 0.6 is 0 Å². The van der Waals surface area contributed by atoms with Crippen molar-refractivity contribution in [1.29, 1.82) is 0 Å². The molecule has 0 amide bonds. The summed E-state index contributed by atoms with van der Waals surface area (Å²) < 4.78 is 0. The smallest absolute Gasteiger partial charge is 0.137 e. The summed E-state index contributed by atoms with van der Waals surface area (Å²) in [7, 11) is 0. The lowest BCUT2D eigenvalue weighted by Gasteiger charge is -2.06. The van der Waals surface area contributed by atoms with Crippen molar-refractivity contribution in [1.82, 2.24) is 9.97 Å². The second kappa shape index (κ2) is 4.70. The van der Waals surface area contributed by atoms with E-state index in [0.717, 1.165) is 29.7 Å². The molecular formula is C11H13N3O. The molecule has 0 spiro atoms. The maximum atomic E-state index is 8.68. The van der Waals surface area contributed by atoms with E-state index in [1.54, 1.807) is 6.33 Å². The highest BCUT2D eigenvalue weighted by Gasteiger charge is 2.00. The van der Waals surface area contributed by atoms with Gasteiger partial charge in [0.2, 0.25) is 0 Å². The number of hydrogen-bond donors (Lipinski definition) is 2. The molecule has 0 fully saturated rings. The molecule has 0 saturated heterocycles. The normalized spacial score (nSPS) is 10.5. The largest absolute Gasteiger partial charge is 0.396 e. The van der Waals surface area contributed by atoms with Gasteiger partial charge in [0.25, 0.3) is 0 Å². The van der Waals surface area contributed by atoms with E-state index in [1.165, 1.54) is 0 Å². The van der Waals surface area contributed by atoms with Crippen molar-refractivity contribution in [2.45, 2.75) is 6.42 Å². The van der Waals surface area contributed by atoms with Gasteiger partial charge in [-0.1, -0.05) is 12.1 Å². The number of hydrogen-bond acceptors (Lipinski definition) is 4. The first-order valence-electron chi connectivity index (χ1n) is 4.96. The van der Waals surface area contributed by atoms with Gasteiger partial charge in [-0.3, -0.25) is 0 Å². The summed E-state index contributed by atoms with van der Waals surface area (Å²) in [4.78, 5) is 8.34. The fraction of sp³-hybridized carbons (Fsp3) is 0.273. The Labute approximate surface area is 88.0 Å². The monoisotopic (exact) mass is 203 g/mol. The van der Waals surface area contributed by atoms with Crippen LogP contribution in [0.3, 0.4) is 0 Å². The molecule has 0 bridgehead atoms. The zero-order valence-corrected chi connectivity index (χ0v) is 8.35. The second-order valence-electron chi connectivity index (χ2n) is 3.24. The Morgan fingerprint density at radius 1 is 1.20 bits per heavy atom. The summed E-state index contributed by atoms with van der Waals surface area (Å²) in [5.41, 5.74) is 0.930. The molecule has 15 heavy (non-hydrogen) atoms. The molecule has 0 aliphatic rings. The van der Waals surface area contributed by atoms with E-state index in [0.29, 0.717) is 0 Å². The van der Waals surface area contributed by atoms with Crippen LogP contribution in [0.5, 0.6) is 0 Å². The highest BCUT2D eigenvalue weighted by molar-refractivity contribution is 5.88. The Kier molecular flexibility index (Phi) is 3.09. The van der Waals surface area contributed by atoms with Gasteiger partial charge < -0.3 is 10.4 Å². The van der Waals surface area contributed by atoms with E-state index in [-0.39, 0.29) is 6.61 Å². The minimum absolute atomic E-state index is 0.190. The molecule has 0 saturated carbocycles. The highest BCUT2D eigenvalue weighted by Crippen LogP contribution is 2.17. The topological polar surface area (TPSA) is 58.0 Å². The lowest BCUT2D eigenvalue weighted by molar-refractivity contribution is 0.292. The van der Waals surface area contributed by atoms with Crippen molar-refractivity contribution in [3.05, 3.63) is 30.6 Å². The number of aromatic nitrogens is 2. The Morgan fingerprint density at radius 3 is 2.93 bits per heavy atom. The SMILES string of the molecule is OCCCNc1ncnc2ccccc12. The molecule has 0 aliphatic carbocycles. The van der Waals surface area contributed by atoms with Crippen molar-refractivity contribution < 1.29 is 5.11 Å². The van der Waals surface area contributed by atoms with Crippen LogP contribution in [0.4, 0.5) is 5.82 Å². The molecule has 2 aromatic rings. The van der Waals surface area contributed by atoms with Crippen LogP contribution < -0.4 is 5.32 Å². The molecule has 2 N–H and O–H groups in total. The van der Waals surface area contributed by atoms with Crippen molar-refractivity contribution in [3.63, 3.8) is 0 Å². The molecule has 4 nitrogen and oxygen atoms in total. The molecule has 1 heterocycles. The Hall–Kier alpha value is -1.68. The third kappa shape index (κ3) is 2.22. The number of benzene rings is 1. The zero-order chi connectivity index (χ0) is 10.5. The van der Waals surface area contributed by atoms with Crippen molar-refractivity contribution in [2.24, 2.45) is 0 Å². The van der Waals surface area contributed by atoms with Crippen LogP contribution in [0, 0.1) is 0 Å². The molecule has 78 valence electrons. The maximum Gasteiger partial charge on any atom is 0.137 e. The van der Waals surface area contributed by atoms with E-state index in [4.69, 9.17) is 5.11 Å². The van der Waals surface area contributed by atoms with Crippen LogP contribution in [0.25, 0.3) is 10.9 Å². The third-order valence-corrected chi connectivity index (χ3v) is 2.17. The summed E-state index contributed by atoms with van der Waals surface area (Å²) in [5.74, 6) is 0.828. The number of anilines is 1. The predicted molar refractivity (Wildman–Crippen MR) is 59.7 cm³/mol. The van der Waals surface area contributed by atoms with Crippen LogP contribution in [0.1, 0.15) is 6.42 Å². The van der Waals surface area contributed by atoms with E-state index in [1.807, 2.05) is 24.3 Å². The number of nitrogens with zero attached hydrogens (tertiary/aromatic N) is 2. The van der Waals surface area contributed by atoms with Gasteiger partial charge in [0.15, 0.2) is 0 Å². The molecule has 1 aromatic heterocycles. The summed E-state index contributed by atoms with van der Waals surface area (Å²) in [6.07, 6.45) is 2.27. The van der Waals surface area contributed by atoms with Crippen molar-refractivity contribution >= 4 is 16.7 Å². The summed E-state index contributed by atoms with van der Waals surface area (Å²) >= 11 is 0. The first kappa shape index (κ1) is 9.86. The number of rotatable bonds is 4. The third-order valence-electron chi connectivity index (χ3n) is 2.17. The summed E-state index contributed by atoms with van der Waals surface area (Å²) in [6, 6.07) is 7.85. The van der Waals surface area contributed by atoms with Gasteiger partial charge in [-0.15, -0.1) is 0 Å². The molecular weight excluding hydrogens is 190 g/mol. The molecule has 0 radical (unpaired) electrons. The minimum atomic E-state index is 0.190. The fourth-order valence-corrected chi connectivity index (χ4v) is 1.43. The van der Waals surface area contributed by atoms with E-state index in [9.17, 15) is 0 Å². The van der Waals surface area contributed by atoms with Gasteiger partial charge in [0.1, 0.15) is 12.1 Å². The van der Waals surface area contributed by atoms with Gasteiger partial charge in [-0.2, -0.15) is 0 Å². The average molecular weight is 203 g/mol. The number of para-hydroxylation sites is 1. The van der Waals surface area contributed by atoms with Crippen LogP contribution in [-0.2, 0) is 0 Å². The highest BCUT2D eigenvalue weighted by atomic mass is 16.3. The maximum absolute atomic E-state index is 8.68. The second-order valence-corrected chi connectivity index (χ2v) is 3.24. The van der Waals surface area contributed by atoms with E-state index in [2.05, 4.69) is 15.3 Å². The first-order valence-corrected chi connectivity index (χ1v) is 4.96. The molecule has 0 unspecified atom stereocenters. The molecule has 2 rings (SSSR count). The standard InChI is InChI=1S/C11H13N3O/c15-7-3-6-12-11-9-4-1-2-5-10(9)13-8-14-11/h1-2,4-5,8,15H,3,6-7H2,(H,12,13,14). The molecule has 0 aliphatic heterocycles. The number of nitrogens with one attached hydrogen (secondary N) is 1. The van der Waals surface area contributed by atoms with Gasteiger partial charge in [-0.25, -0.2) is 9.97 Å². The van der Waals surface area contributed by atoms with Crippen molar-refractivity contribution in [3.8, 4) is 0 Å². The molecule has 4 heteroatoms. The number of aliphatic hydroxyl groups excluding tert-OH is 1. The predicted octanol–water partition coefficient (Wildman–Crippen LogP) is 1.42. The van der Waals surface area contributed by atoms with Gasteiger partial charge in [0, 0.05) is 18.5 Å².